The molecule has 1 amide bonds. The first kappa shape index (κ1) is 16.5. The minimum atomic E-state index is -1.21. The van der Waals surface area contributed by atoms with Crippen LogP contribution >= 0.6 is 0 Å². The van der Waals surface area contributed by atoms with E-state index in [1.165, 1.54) is 12.2 Å². The highest BCUT2D eigenvalue weighted by Gasteiger charge is 2.35. The van der Waals surface area contributed by atoms with Crippen LogP contribution in [0.1, 0.15) is 34.1 Å². The molecule has 6 heteroatoms. The van der Waals surface area contributed by atoms with Gasteiger partial charge in [-0.25, -0.2) is 9.18 Å². The number of carbonyl (C=O) groups excluding carboxylic acids is 2. The number of hydrogen-bond donors (Lipinski definition) is 1. The molecule has 0 heterocycles. The van der Waals surface area contributed by atoms with Crippen molar-refractivity contribution in [2.45, 2.75) is 51.9 Å². The standard InChI is InChI=1S/C14H22FNO4/c1-5-19-12(17)10-8-9(15)6-7-11(10)16-13(18)20-14(2,3)4/h6-7,9-11H,5,8H2,1-4H3,(H,16,18)/t9-,10+,11+/m1/s1. The minimum Gasteiger partial charge on any atom is -0.466 e. The Morgan fingerprint density at radius 2 is 2.00 bits per heavy atom. The second-order valence-electron chi connectivity index (χ2n) is 5.67. The van der Waals surface area contributed by atoms with E-state index in [-0.39, 0.29) is 13.0 Å². The smallest absolute Gasteiger partial charge is 0.408 e. The van der Waals surface area contributed by atoms with Crippen molar-refractivity contribution in [3.05, 3.63) is 12.2 Å². The molecule has 0 saturated heterocycles. The molecule has 1 aliphatic carbocycles. The Hall–Kier alpha value is -1.59. The number of carbonyl (C=O) groups is 2. The van der Waals surface area contributed by atoms with Crippen molar-refractivity contribution in [1.29, 1.82) is 0 Å². The topological polar surface area (TPSA) is 64.6 Å². The molecule has 0 aromatic rings. The van der Waals surface area contributed by atoms with Gasteiger partial charge in [0.15, 0.2) is 0 Å². The predicted octanol–water partition coefficient (Wildman–Crippen LogP) is 2.36. The Kier molecular flexibility index (Phi) is 5.53. The Morgan fingerprint density at radius 3 is 2.55 bits per heavy atom. The fourth-order valence-electron chi connectivity index (χ4n) is 1.93. The van der Waals surface area contributed by atoms with Gasteiger partial charge < -0.3 is 14.8 Å². The summed E-state index contributed by atoms with van der Waals surface area (Å²) in [5.41, 5.74) is -0.634. The number of nitrogens with one attached hydrogen (secondary N) is 1. The molecular weight excluding hydrogens is 265 g/mol. The number of halogens is 1. The first-order chi connectivity index (χ1) is 9.23. The van der Waals surface area contributed by atoms with Crippen LogP contribution < -0.4 is 5.32 Å². The normalized spacial score (nSPS) is 25.9. The number of amides is 1. The van der Waals surface area contributed by atoms with E-state index in [0.717, 1.165) is 0 Å². The zero-order valence-electron chi connectivity index (χ0n) is 12.3. The molecule has 0 unspecified atom stereocenters. The van der Waals surface area contributed by atoms with Gasteiger partial charge in [0.05, 0.1) is 18.6 Å². The molecule has 0 saturated carbocycles. The van der Waals surface area contributed by atoms with Crippen LogP contribution in [0.5, 0.6) is 0 Å². The lowest BCUT2D eigenvalue weighted by molar-refractivity contribution is -0.149. The summed E-state index contributed by atoms with van der Waals surface area (Å²) in [5, 5.41) is 2.57. The number of alkyl halides is 1. The molecule has 1 rings (SSSR count). The highest BCUT2D eigenvalue weighted by atomic mass is 19.1. The van der Waals surface area contributed by atoms with Gasteiger partial charge in [0.1, 0.15) is 11.8 Å². The van der Waals surface area contributed by atoms with Crippen LogP contribution in [0, 0.1) is 5.92 Å². The van der Waals surface area contributed by atoms with Crippen molar-refractivity contribution in [3.63, 3.8) is 0 Å². The summed E-state index contributed by atoms with van der Waals surface area (Å²) < 4.78 is 23.4. The summed E-state index contributed by atoms with van der Waals surface area (Å²) in [6.45, 7) is 7.12. The molecule has 0 aromatic heterocycles. The number of ether oxygens (including phenoxy) is 2. The second kappa shape index (κ2) is 6.72. The van der Waals surface area contributed by atoms with Crippen LogP contribution in [0.3, 0.4) is 0 Å². The van der Waals surface area contributed by atoms with Crippen molar-refractivity contribution < 1.29 is 23.5 Å². The van der Waals surface area contributed by atoms with E-state index in [1.54, 1.807) is 27.7 Å². The second-order valence-corrected chi connectivity index (χ2v) is 5.67. The lowest BCUT2D eigenvalue weighted by atomic mass is 9.88. The van der Waals surface area contributed by atoms with Gasteiger partial charge >= 0.3 is 12.1 Å². The van der Waals surface area contributed by atoms with E-state index in [9.17, 15) is 14.0 Å². The molecule has 0 radical (unpaired) electrons. The van der Waals surface area contributed by atoms with Gasteiger partial charge in [-0.3, -0.25) is 4.79 Å². The number of esters is 1. The quantitative estimate of drug-likeness (QED) is 0.639. The van der Waals surface area contributed by atoms with Gasteiger partial charge in [0, 0.05) is 0 Å². The first-order valence-corrected chi connectivity index (χ1v) is 6.71. The van der Waals surface area contributed by atoms with Gasteiger partial charge in [-0.2, -0.15) is 0 Å². The van der Waals surface area contributed by atoms with Crippen LogP contribution in [0.25, 0.3) is 0 Å². The summed E-state index contributed by atoms with van der Waals surface area (Å²) in [7, 11) is 0. The van der Waals surface area contributed by atoms with E-state index in [4.69, 9.17) is 9.47 Å². The monoisotopic (exact) mass is 287 g/mol. The molecule has 3 atom stereocenters. The lowest BCUT2D eigenvalue weighted by Gasteiger charge is -2.29. The zero-order chi connectivity index (χ0) is 15.3. The molecule has 20 heavy (non-hydrogen) atoms. The van der Waals surface area contributed by atoms with Crippen LogP contribution in [0.2, 0.25) is 0 Å². The molecule has 114 valence electrons. The number of alkyl carbamates (subject to hydrolysis) is 1. The van der Waals surface area contributed by atoms with Crippen LogP contribution in [0.4, 0.5) is 9.18 Å². The third-order valence-electron chi connectivity index (χ3n) is 2.71. The van der Waals surface area contributed by atoms with Crippen molar-refractivity contribution in [1.82, 2.24) is 5.32 Å². The molecular formula is C14H22FNO4. The highest BCUT2D eigenvalue weighted by molar-refractivity contribution is 5.76. The van der Waals surface area contributed by atoms with Gasteiger partial charge in [0.25, 0.3) is 0 Å². The maximum atomic E-state index is 13.4. The largest absolute Gasteiger partial charge is 0.466 e. The average molecular weight is 287 g/mol. The third-order valence-corrected chi connectivity index (χ3v) is 2.71. The molecule has 1 aliphatic rings. The van der Waals surface area contributed by atoms with E-state index in [0.29, 0.717) is 0 Å². The Bertz CT molecular complexity index is 389. The van der Waals surface area contributed by atoms with Crippen molar-refractivity contribution in [2.75, 3.05) is 6.61 Å². The van der Waals surface area contributed by atoms with Gasteiger partial charge in [-0.05, 0) is 34.1 Å². The maximum absolute atomic E-state index is 13.4. The maximum Gasteiger partial charge on any atom is 0.408 e. The molecule has 0 aromatic carbocycles. The lowest BCUT2D eigenvalue weighted by Crippen LogP contribution is -2.47. The summed E-state index contributed by atoms with van der Waals surface area (Å²) in [6.07, 6.45) is 0.951. The molecule has 1 N–H and O–H groups in total. The average Bonchev–Trinajstić information content (AvgIpc) is 2.29. The SMILES string of the molecule is CCOC(=O)[C@H]1C[C@H](F)C=C[C@@H]1NC(=O)OC(C)(C)C. The number of hydrogen-bond acceptors (Lipinski definition) is 4. The van der Waals surface area contributed by atoms with Gasteiger partial charge in [0.2, 0.25) is 0 Å². The Labute approximate surface area is 118 Å². The predicted molar refractivity (Wildman–Crippen MR) is 71.9 cm³/mol. The Morgan fingerprint density at radius 1 is 1.35 bits per heavy atom. The molecule has 0 fully saturated rings. The molecule has 5 nitrogen and oxygen atoms in total. The van der Waals surface area contributed by atoms with E-state index >= 15 is 0 Å². The van der Waals surface area contributed by atoms with Crippen molar-refractivity contribution >= 4 is 12.1 Å². The van der Waals surface area contributed by atoms with Crippen LogP contribution in [-0.2, 0) is 14.3 Å². The summed E-state index contributed by atoms with van der Waals surface area (Å²) >= 11 is 0. The summed E-state index contributed by atoms with van der Waals surface area (Å²) in [6, 6.07) is -0.615. The summed E-state index contributed by atoms with van der Waals surface area (Å²) in [5.74, 6) is -1.25. The van der Waals surface area contributed by atoms with Crippen molar-refractivity contribution in [3.8, 4) is 0 Å². The third kappa shape index (κ3) is 5.19. The Balaban J connectivity index is 2.71. The number of rotatable bonds is 3. The van der Waals surface area contributed by atoms with Crippen LogP contribution in [-0.4, -0.2) is 36.5 Å². The summed E-state index contributed by atoms with van der Waals surface area (Å²) in [4.78, 5) is 23.5. The van der Waals surface area contributed by atoms with Gasteiger partial charge in [-0.1, -0.05) is 12.2 Å². The van der Waals surface area contributed by atoms with Crippen molar-refractivity contribution in [2.24, 2.45) is 5.92 Å². The molecule has 0 spiro atoms. The minimum absolute atomic E-state index is 0.00417. The highest BCUT2D eigenvalue weighted by Crippen LogP contribution is 2.23. The van der Waals surface area contributed by atoms with Gasteiger partial charge in [-0.15, -0.1) is 0 Å². The van der Waals surface area contributed by atoms with E-state index < -0.39 is 35.8 Å². The van der Waals surface area contributed by atoms with Crippen LogP contribution in [0.15, 0.2) is 12.2 Å². The fraction of sp³-hybridized carbons (Fsp3) is 0.714. The first-order valence-electron chi connectivity index (χ1n) is 6.71. The number of allylic oxidation sites excluding steroid dienone is 1. The van der Waals surface area contributed by atoms with E-state index in [1.807, 2.05) is 0 Å². The van der Waals surface area contributed by atoms with E-state index in [2.05, 4.69) is 5.32 Å². The molecule has 0 bridgehead atoms. The zero-order valence-corrected chi connectivity index (χ0v) is 12.3. The molecule has 0 aliphatic heterocycles. The fourth-order valence-corrected chi connectivity index (χ4v) is 1.93.